The molecule has 1 amide bonds. The summed E-state index contributed by atoms with van der Waals surface area (Å²) < 4.78 is 32.7. The Morgan fingerprint density at radius 3 is 2.38 bits per heavy atom. The van der Waals surface area contributed by atoms with Crippen molar-refractivity contribution in [1.82, 2.24) is 9.62 Å². The number of furan rings is 1. The fraction of sp³-hybridized carbons (Fsp3) is 0.227. The van der Waals surface area contributed by atoms with Gasteiger partial charge in [-0.15, -0.1) is 0 Å². The molecular weight excluding hydrogens is 388 g/mol. The van der Waals surface area contributed by atoms with Crippen LogP contribution in [0.1, 0.15) is 16.9 Å². The van der Waals surface area contributed by atoms with Gasteiger partial charge in [0.1, 0.15) is 5.76 Å². The van der Waals surface area contributed by atoms with E-state index in [1.807, 2.05) is 37.3 Å². The SMILES string of the molecule is Cc1ccc(S(=O)(=O)N(CCc2ccccc2)CC(=O)NCc2ccco2)cc1. The molecule has 1 aromatic heterocycles. The molecule has 0 aliphatic rings. The van der Waals surface area contributed by atoms with Crippen molar-refractivity contribution in [3.63, 3.8) is 0 Å². The van der Waals surface area contributed by atoms with E-state index in [0.717, 1.165) is 11.1 Å². The van der Waals surface area contributed by atoms with E-state index in [4.69, 9.17) is 4.42 Å². The molecule has 0 aliphatic carbocycles. The largest absolute Gasteiger partial charge is 0.467 e. The van der Waals surface area contributed by atoms with E-state index in [0.29, 0.717) is 12.2 Å². The molecule has 7 heteroatoms. The number of benzene rings is 2. The maximum atomic E-state index is 13.2. The fourth-order valence-corrected chi connectivity index (χ4v) is 4.25. The molecule has 1 heterocycles. The molecule has 0 atom stereocenters. The molecule has 29 heavy (non-hydrogen) atoms. The first-order chi connectivity index (χ1) is 13.9. The number of amides is 1. The van der Waals surface area contributed by atoms with Crippen molar-refractivity contribution < 1.29 is 17.6 Å². The van der Waals surface area contributed by atoms with Gasteiger partial charge in [-0.05, 0) is 43.2 Å². The van der Waals surface area contributed by atoms with E-state index in [1.165, 1.54) is 10.6 Å². The van der Waals surface area contributed by atoms with E-state index < -0.39 is 10.0 Å². The van der Waals surface area contributed by atoms with Crippen LogP contribution in [0.4, 0.5) is 0 Å². The van der Waals surface area contributed by atoms with Crippen LogP contribution in [-0.2, 0) is 27.8 Å². The number of carbonyl (C=O) groups excluding carboxylic acids is 1. The highest BCUT2D eigenvalue weighted by atomic mass is 32.2. The molecule has 0 radical (unpaired) electrons. The van der Waals surface area contributed by atoms with Crippen LogP contribution in [0.5, 0.6) is 0 Å². The highest BCUT2D eigenvalue weighted by Gasteiger charge is 2.26. The minimum atomic E-state index is -3.81. The van der Waals surface area contributed by atoms with E-state index >= 15 is 0 Å². The molecule has 0 saturated heterocycles. The number of nitrogens with one attached hydrogen (secondary N) is 1. The highest BCUT2D eigenvalue weighted by Crippen LogP contribution is 2.17. The van der Waals surface area contributed by atoms with Crippen molar-refractivity contribution in [2.24, 2.45) is 0 Å². The maximum absolute atomic E-state index is 13.2. The van der Waals surface area contributed by atoms with Crippen molar-refractivity contribution in [2.75, 3.05) is 13.1 Å². The number of carbonyl (C=O) groups is 1. The summed E-state index contributed by atoms with van der Waals surface area (Å²) in [5, 5.41) is 2.71. The number of aryl methyl sites for hydroxylation is 1. The fourth-order valence-electron chi connectivity index (χ4n) is 2.86. The molecule has 0 aliphatic heterocycles. The molecule has 6 nitrogen and oxygen atoms in total. The topological polar surface area (TPSA) is 79.6 Å². The van der Waals surface area contributed by atoms with Gasteiger partial charge in [0.2, 0.25) is 15.9 Å². The Morgan fingerprint density at radius 2 is 1.72 bits per heavy atom. The van der Waals surface area contributed by atoms with Crippen LogP contribution in [0.25, 0.3) is 0 Å². The van der Waals surface area contributed by atoms with Crippen molar-refractivity contribution in [3.8, 4) is 0 Å². The van der Waals surface area contributed by atoms with Crippen LogP contribution < -0.4 is 5.32 Å². The molecule has 2 aromatic carbocycles. The molecule has 1 N–H and O–H groups in total. The molecule has 0 bridgehead atoms. The quantitative estimate of drug-likeness (QED) is 0.586. The number of rotatable bonds is 9. The van der Waals surface area contributed by atoms with E-state index in [1.54, 1.807) is 36.4 Å². The minimum absolute atomic E-state index is 0.176. The lowest BCUT2D eigenvalue weighted by Gasteiger charge is -2.22. The Hall–Kier alpha value is -2.90. The predicted molar refractivity (Wildman–Crippen MR) is 111 cm³/mol. The number of hydrogen-bond donors (Lipinski definition) is 1. The molecule has 3 rings (SSSR count). The van der Waals surface area contributed by atoms with Gasteiger partial charge in [0.15, 0.2) is 0 Å². The standard InChI is InChI=1S/C22H24N2O4S/c1-18-9-11-21(12-10-18)29(26,27)24(14-13-19-6-3-2-4-7-19)17-22(25)23-16-20-8-5-15-28-20/h2-12,15H,13-14,16-17H2,1H3,(H,23,25). The Kier molecular flexibility index (Phi) is 6.85. The average molecular weight is 413 g/mol. The maximum Gasteiger partial charge on any atom is 0.243 e. The molecule has 0 fully saturated rings. The third kappa shape index (κ3) is 5.79. The van der Waals surface area contributed by atoms with Gasteiger partial charge in [0.25, 0.3) is 0 Å². The highest BCUT2D eigenvalue weighted by molar-refractivity contribution is 7.89. The number of sulfonamides is 1. The van der Waals surface area contributed by atoms with Gasteiger partial charge in [-0.3, -0.25) is 4.79 Å². The molecule has 0 saturated carbocycles. The summed E-state index contributed by atoms with van der Waals surface area (Å²) in [5.41, 5.74) is 1.98. The van der Waals surface area contributed by atoms with Gasteiger partial charge in [0, 0.05) is 6.54 Å². The Bertz CT molecular complexity index is 1010. The van der Waals surface area contributed by atoms with Gasteiger partial charge < -0.3 is 9.73 Å². The van der Waals surface area contributed by atoms with Crippen molar-refractivity contribution in [2.45, 2.75) is 24.8 Å². The van der Waals surface area contributed by atoms with Crippen LogP contribution in [0.3, 0.4) is 0 Å². The van der Waals surface area contributed by atoms with Crippen LogP contribution in [0.15, 0.2) is 82.3 Å². The first-order valence-electron chi connectivity index (χ1n) is 9.35. The minimum Gasteiger partial charge on any atom is -0.467 e. The Labute approximate surface area is 171 Å². The molecule has 0 unspecified atom stereocenters. The van der Waals surface area contributed by atoms with Crippen molar-refractivity contribution in [1.29, 1.82) is 0 Å². The summed E-state index contributed by atoms with van der Waals surface area (Å²) in [6.45, 7) is 2.05. The lowest BCUT2D eigenvalue weighted by Crippen LogP contribution is -2.41. The van der Waals surface area contributed by atoms with E-state index in [2.05, 4.69) is 5.32 Å². The van der Waals surface area contributed by atoms with Crippen LogP contribution in [0.2, 0.25) is 0 Å². The zero-order valence-electron chi connectivity index (χ0n) is 16.2. The summed E-state index contributed by atoms with van der Waals surface area (Å²) in [7, 11) is -3.81. The first kappa shape index (κ1) is 20.8. The van der Waals surface area contributed by atoms with Gasteiger partial charge in [-0.2, -0.15) is 4.31 Å². The summed E-state index contributed by atoms with van der Waals surface area (Å²) in [5.74, 6) is 0.223. The Balaban J connectivity index is 1.74. The second kappa shape index (κ2) is 9.54. The lowest BCUT2D eigenvalue weighted by atomic mass is 10.1. The Morgan fingerprint density at radius 1 is 1.00 bits per heavy atom. The summed E-state index contributed by atoms with van der Waals surface area (Å²) in [6.07, 6.45) is 2.03. The van der Waals surface area contributed by atoms with E-state index in [-0.39, 0.29) is 30.4 Å². The molecule has 3 aromatic rings. The van der Waals surface area contributed by atoms with E-state index in [9.17, 15) is 13.2 Å². The number of nitrogens with zero attached hydrogens (tertiary/aromatic N) is 1. The van der Waals surface area contributed by atoms with Gasteiger partial charge >= 0.3 is 0 Å². The van der Waals surface area contributed by atoms with Gasteiger partial charge in [0.05, 0.1) is 24.2 Å². The van der Waals surface area contributed by atoms with Crippen LogP contribution in [0, 0.1) is 6.92 Å². The monoisotopic (exact) mass is 412 g/mol. The second-order valence-electron chi connectivity index (χ2n) is 6.74. The lowest BCUT2D eigenvalue weighted by molar-refractivity contribution is -0.121. The summed E-state index contributed by atoms with van der Waals surface area (Å²) >= 11 is 0. The molecular formula is C22H24N2O4S. The second-order valence-corrected chi connectivity index (χ2v) is 8.68. The third-order valence-corrected chi connectivity index (χ3v) is 6.37. The predicted octanol–water partition coefficient (Wildman–Crippen LogP) is 3.14. The number of hydrogen-bond acceptors (Lipinski definition) is 4. The zero-order valence-corrected chi connectivity index (χ0v) is 17.1. The summed E-state index contributed by atoms with van der Waals surface area (Å²) in [4.78, 5) is 12.6. The van der Waals surface area contributed by atoms with Crippen molar-refractivity contribution in [3.05, 3.63) is 89.9 Å². The van der Waals surface area contributed by atoms with Crippen LogP contribution in [-0.4, -0.2) is 31.7 Å². The zero-order chi connectivity index (χ0) is 20.7. The normalized spacial score (nSPS) is 11.5. The van der Waals surface area contributed by atoms with Gasteiger partial charge in [-0.1, -0.05) is 48.0 Å². The van der Waals surface area contributed by atoms with Gasteiger partial charge in [-0.25, -0.2) is 8.42 Å². The smallest absolute Gasteiger partial charge is 0.243 e. The van der Waals surface area contributed by atoms with Crippen LogP contribution >= 0.6 is 0 Å². The average Bonchev–Trinajstić information content (AvgIpc) is 3.24. The molecule has 0 spiro atoms. The first-order valence-corrected chi connectivity index (χ1v) is 10.8. The third-order valence-electron chi connectivity index (χ3n) is 4.51. The molecule has 152 valence electrons. The summed E-state index contributed by atoms with van der Waals surface area (Å²) in [6, 6.07) is 19.7. The van der Waals surface area contributed by atoms with Crippen molar-refractivity contribution >= 4 is 15.9 Å².